The van der Waals surface area contributed by atoms with E-state index in [1.165, 1.54) is 6.33 Å². The van der Waals surface area contributed by atoms with E-state index >= 15 is 0 Å². The van der Waals surface area contributed by atoms with Crippen molar-refractivity contribution in [2.75, 3.05) is 10.6 Å². The van der Waals surface area contributed by atoms with E-state index in [4.69, 9.17) is 11.6 Å². The van der Waals surface area contributed by atoms with Crippen molar-refractivity contribution in [2.24, 2.45) is 0 Å². The topological polar surface area (TPSA) is 84.7 Å². The maximum Gasteiger partial charge on any atom is 0.324 e. The number of nitrogens with zero attached hydrogens (tertiary/aromatic N) is 4. The Morgan fingerprint density at radius 1 is 1.08 bits per heavy atom. The van der Waals surface area contributed by atoms with E-state index in [0.29, 0.717) is 22.3 Å². The summed E-state index contributed by atoms with van der Waals surface area (Å²) in [4.78, 5) is 20.3. The Hall–Kier alpha value is -2.93. The molecule has 0 spiro atoms. The summed E-state index contributed by atoms with van der Waals surface area (Å²) in [5.41, 5.74) is 2.47. The fourth-order valence-corrected chi connectivity index (χ4v) is 2.33. The van der Waals surface area contributed by atoms with Gasteiger partial charge in [-0.15, -0.1) is 0 Å². The summed E-state index contributed by atoms with van der Waals surface area (Å²) in [7, 11) is 0. The monoisotopic (exact) mass is 342 g/mol. The number of amides is 2. The molecule has 0 aliphatic carbocycles. The van der Waals surface area contributed by atoms with Gasteiger partial charge in [0.15, 0.2) is 5.82 Å². The Kier molecular flexibility index (Phi) is 4.43. The van der Waals surface area contributed by atoms with Gasteiger partial charge in [-0.3, -0.25) is 5.32 Å². The number of aryl methyl sites for hydroxylation is 2. The largest absolute Gasteiger partial charge is 0.324 e. The molecule has 3 rings (SSSR count). The van der Waals surface area contributed by atoms with Crippen LogP contribution >= 0.6 is 11.6 Å². The van der Waals surface area contributed by atoms with Gasteiger partial charge >= 0.3 is 6.03 Å². The molecule has 7 nitrogen and oxygen atoms in total. The van der Waals surface area contributed by atoms with Crippen molar-refractivity contribution in [3.05, 3.63) is 59.1 Å². The van der Waals surface area contributed by atoms with Crippen molar-refractivity contribution in [3.63, 3.8) is 0 Å². The highest BCUT2D eigenvalue weighted by molar-refractivity contribution is 6.30. The number of rotatable bonds is 3. The number of urea groups is 1. The first-order chi connectivity index (χ1) is 11.5. The van der Waals surface area contributed by atoms with Crippen LogP contribution in [0.4, 0.5) is 16.3 Å². The summed E-state index contributed by atoms with van der Waals surface area (Å²) >= 11 is 5.81. The van der Waals surface area contributed by atoms with E-state index in [1.807, 2.05) is 19.9 Å². The van der Waals surface area contributed by atoms with Gasteiger partial charge in [0.1, 0.15) is 12.1 Å². The molecule has 0 fully saturated rings. The maximum absolute atomic E-state index is 12.0. The van der Waals surface area contributed by atoms with Crippen LogP contribution in [0, 0.1) is 13.8 Å². The Labute approximate surface area is 143 Å². The molecular weight excluding hydrogens is 328 g/mol. The van der Waals surface area contributed by atoms with E-state index < -0.39 is 6.03 Å². The van der Waals surface area contributed by atoms with E-state index in [0.717, 1.165) is 11.4 Å². The van der Waals surface area contributed by atoms with Crippen LogP contribution in [0.1, 0.15) is 11.4 Å². The summed E-state index contributed by atoms with van der Waals surface area (Å²) in [5.74, 6) is 0.955. The van der Waals surface area contributed by atoms with Crippen LogP contribution in [0.2, 0.25) is 5.02 Å². The fraction of sp³-hybridized carbons (Fsp3) is 0.125. The number of hydrogen-bond acceptors (Lipinski definition) is 4. The first kappa shape index (κ1) is 15.9. The third-order valence-electron chi connectivity index (χ3n) is 3.22. The second-order valence-corrected chi connectivity index (χ2v) is 5.62. The molecule has 0 aliphatic rings. The SMILES string of the molecule is Cc1cc(C)n(-c2cc(NC(=O)Nc3ccc(Cl)cc3)ncn2)n1. The Morgan fingerprint density at radius 3 is 2.50 bits per heavy atom. The summed E-state index contributed by atoms with van der Waals surface area (Å²) in [5, 5.41) is 10.3. The molecule has 24 heavy (non-hydrogen) atoms. The highest BCUT2D eigenvalue weighted by Gasteiger charge is 2.08. The Bertz CT molecular complexity index is 875. The zero-order valence-corrected chi connectivity index (χ0v) is 13.9. The minimum absolute atomic E-state index is 0.374. The lowest BCUT2D eigenvalue weighted by atomic mass is 10.3. The lowest BCUT2D eigenvalue weighted by Gasteiger charge is -2.08. The normalized spacial score (nSPS) is 10.5. The molecule has 2 heterocycles. The molecule has 3 aromatic rings. The third kappa shape index (κ3) is 3.69. The first-order valence-electron chi connectivity index (χ1n) is 7.20. The smallest absolute Gasteiger partial charge is 0.308 e. The van der Waals surface area contributed by atoms with Crippen molar-refractivity contribution in [1.29, 1.82) is 0 Å². The van der Waals surface area contributed by atoms with Gasteiger partial charge in [0.05, 0.1) is 5.69 Å². The van der Waals surface area contributed by atoms with Crippen LogP contribution in [-0.4, -0.2) is 25.8 Å². The molecule has 0 unspecified atom stereocenters. The molecule has 0 aliphatic heterocycles. The second-order valence-electron chi connectivity index (χ2n) is 5.19. The van der Waals surface area contributed by atoms with Gasteiger partial charge in [0.2, 0.25) is 0 Å². The van der Waals surface area contributed by atoms with Gasteiger partial charge in [-0.1, -0.05) is 11.6 Å². The lowest BCUT2D eigenvalue weighted by molar-refractivity contribution is 0.262. The minimum atomic E-state index is -0.407. The molecular formula is C16H15ClN6O. The minimum Gasteiger partial charge on any atom is -0.308 e. The summed E-state index contributed by atoms with van der Waals surface area (Å²) in [6.07, 6.45) is 1.38. The predicted molar refractivity (Wildman–Crippen MR) is 92.7 cm³/mol. The van der Waals surface area contributed by atoms with Crippen molar-refractivity contribution >= 4 is 29.1 Å². The number of carbonyl (C=O) groups excluding carboxylic acids is 1. The fourth-order valence-electron chi connectivity index (χ4n) is 2.20. The van der Waals surface area contributed by atoms with Crippen molar-refractivity contribution in [1.82, 2.24) is 19.7 Å². The van der Waals surface area contributed by atoms with Crippen molar-refractivity contribution in [2.45, 2.75) is 13.8 Å². The van der Waals surface area contributed by atoms with Gasteiger partial charge in [-0.2, -0.15) is 5.10 Å². The second kappa shape index (κ2) is 6.67. The van der Waals surface area contributed by atoms with Gasteiger partial charge in [-0.25, -0.2) is 19.4 Å². The third-order valence-corrected chi connectivity index (χ3v) is 3.47. The average Bonchev–Trinajstić information content (AvgIpc) is 2.88. The zero-order chi connectivity index (χ0) is 17.1. The molecule has 0 saturated carbocycles. The molecule has 1 aromatic carbocycles. The molecule has 2 aromatic heterocycles. The molecule has 0 saturated heterocycles. The molecule has 2 N–H and O–H groups in total. The van der Waals surface area contributed by atoms with Gasteiger partial charge in [-0.05, 0) is 44.2 Å². The number of carbonyl (C=O) groups is 1. The van der Waals surface area contributed by atoms with Crippen LogP contribution in [0.5, 0.6) is 0 Å². The summed E-state index contributed by atoms with van der Waals surface area (Å²) < 4.78 is 1.69. The van der Waals surface area contributed by atoms with Crippen LogP contribution < -0.4 is 10.6 Å². The van der Waals surface area contributed by atoms with Gasteiger partial charge in [0.25, 0.3) is 0 Å². The molecule has 0 radical (unpaired) electrons. The summed E-state index contributed by atoms with van der Waals surface area (Å²) in [6.45, 7) is 3.84. The average molecular weight is 343 g/mol. The number of hydrogen-bond donors (Lipinski definition) is 2. The molecule has 122 valence electrons. The number of aromatic nitrogens is 4. The number of benzene rings is 1. The van der Waals surface area contributed by atoms with E-state index in [1.54, 1.807) is 35.0 Å². The number of halogens is 1. The van der Waals surface area contributed by atoms with Crippen molar-refractivity contribution < 1.29 is 4.79 Å². The highest BCUT2D eigenvalue weighted by Crippen LogP contribution is 2.15. The highest BCUT2D eigenvalue weighted by atomic mass is 35.5. The van der Waals surface area contributed by atoms with E-state index in [2.05, 4.69) is 25.7 Å². The van der Waals surface area contributed by atoms with E-state index in [-0.39, 0.29) is 0 Å². The van der Waals surface area contributed by atoms with Gasteiger partial charge in [0, 0.05) is 22.5 Å². The molecule has 8 heteroatoms. The number of anilines is 2. The Balaban J connectivity index is 1.73. The van der Waals surface area contributed by atoms with E-state index in [9.17, 15) is 4.79 Å². The standard InChI is InChI=1S/C16H15ClN6O/c1-10-7-11(2)23(22-10)15-8-14(18-9-19-15)21-16(24)20-13-5-3-12(17)4-6-13/h3-9H,1-2H3,(H2,18,19,20,21,24). The predicted octanol–water partition coefficient (Wildman–Crippen LogP) is 3.58. The maximum atomic E-state index is 12.0. The quantitative estimate of drug-likeness (QED) is 0.762. The van der Waals surface area contributed by atoms with Crippen LogP contribution in [0.15, 0.2) is 42.7 Å². The van der Waals surface area contributed by atoms with Gasteiger partial charge < -0.3 is 5.32 Å². The van der Waals surface area contributed by atoms with Crippen LogP contribution in [0.25, 0.3) is 5.82 Å². The molecule has 2 amide bonds. The van der Waals surface area contributed by atoms with Crippen LogP contribution in [-0.2, 0) is 0 Å². The zero-order valence-electron chi connectivity index (χ0n) is 13.1. The first-order valence-corrected chi connectivity index (χ1v) is 7.58. The number of nitrogens with one attached hydrogen (secondary N) is 2. The summed E-state index contributed by atoms with van der Waals surface area (Å²) in [6, 6.07) is 10.0. The Morgan fingerprint density at radius 2 is 1.83 bits per heavy atom. The van der Waals surface area contributed by atoms with Crippen LogP contribution in [0.3, 0.4) is 0 Å². The molecule has 0 atom stereocenters. The molecule has 0 bridgehead atoms. The lowest BCUT2D eigenvalue weighted by Crippen LogP contribution is -2.20. The van der Waals surface area contributed by atoms with Crippen molar-refractivity contribution in [3.8, 4) is 5.82 Å².